The van der Waals surface area contributed by atoms with E-state index < -0.39 is 13.0 Å². The Morgan fingerprint density at radius 1 is 1.40 bits per heavy atom. The number of halogens is 2. The average Bonchev–Trinajstić information content (AvgIpc) is 2.42. The molecule has 112 valence electrons. The van der Waals surface area contributed by atoms with E-state index in [1.54, 1.807) is 38.2 Å². The van der Waals surface area contributed by atoms with E-state index in [2.05, 4.69) is 4.74 Å². The van der Waals surface area contributed by atoms with Crippen LogP contribution in [-0.2, 0) is 9.53 Å². The first-order valence-corrected chi connectivity index (χ1v) is 6.33. The highest BCUT2D eigenvalue weighted by molar-refractivity contribution is 5.76. The molecule has 1 N–H and O–H groups in total. The number of carbonyl (C=O) groups is 1. The minimum atomic E-state index is -2.52. The van der Waals surface area contributed by atoms with E-state index >= 15 is 0 Å². The SMILES string of the molecule is CC(c1ccccc1O)N(C)C(=O)CCOCC(F)F. The number of aromatic hydroxyl groups is 1. The molecular formula is C14H19F2NO3. The van der Waals surface area contributed by atoms with Crippen LogP contribution >= 0.6 is 0 Å². The summed E-state index contributed by atoms with van der Waals surface area (Å²) in [5.74, 6) is -0.108. The molecular weight excluding hydrogens is 268 g/mol. The molecule has 1 unspecified atom stereocenters. The summed E-state index contributed by atoms with van der Waals surface area (Å²) >= 11 is 0. The van der Waals surface area contributed by atoms with Crippen molar-refractivity contribution in [3.8, 4) is 5.75 Å². The predicted molar refractivity (Wildman–Crippen MR) is 70.7 cm³/mol. The molecule has 0 spiro atoms. The molecule has 0 radical (unpaired) electrons. The monoisotopic (exact) mass is 287 g/mol. The van der Waals surface area contributed by atoms with Gasteiger partial charge in [0.15, 0.2) is 0 Å². The Morgan fingerprint density at radius 2 is 2.05 bits per heavy atom. The van der Waals surface area contributed by atoms with E-state index in [1.165, 1.54) is 4.90 Å². The molecule has 4 nitrogen and oxygen atoms in total. The maximum Gasteiger partial charge on any atom is 0.261 e. The van der Waals surface area contributed by atoms with Crippen molar-refractivity contribution in [2.75, 3.05) is 20.3 Å². The summed E-state index contributed by atoms with van der Waals surface area (Å²) in [6, 6.07) is 6.45. The Morgan fingerprint density at radius 3 is 2.65 bits per heavy atom. The van der Waals surface area contributed by atoms with E-state index in [9.17, 15) is 18.7 Å². The highest BCUT2D eigenvalue weighted by Gasteiger charge is 2.19. The number of alkyl halides is 2. The van der Waals surface area contributed by atoms with Crippen molar-refractivity contribution in [3.63, 3.8) is 0 Å². The molecule has 0 aliphatic heterocycles. The maximum atomic E-state index is 11.9. The maximum absolute atomic E-state index is 11.9. The van der Waals surface area contributed by atoms with E-state index in [-0.39, 0.29) is 30.7 Å². The third kappa shape index (κ3) is 4.77. The second kappa shape index (κ2) is 7.79. The van der Waals surface area contributed by atoms with Gasteiger partial charge in [-0.3, -0.25) is 4.79 Å². The number of nitrogens with zero attached hydrogens (tertiary/aromatic N) is 1. The fourth-order valence-electron chi connectivity index (χ4n) is 1.77. The van der Waals surface area contributed by atoms with Crippen LogP contribution in [0.3, 0.4) is 0 Å². The largest absolute Gasteiger partial charge is 0.508 e. The second-order valence-corrected chi connectivity index (χ2v) is 4.46. The highest BCUT2D eigenvalue weighted by atomic mass is 19.3. The lowest BCUT2D eigenvalue weighted by atomic mass is 10.1. The minimum Gasteiger partial charge on any atom is -0.508 e. The zero-order valence-electron chi connectivity index (χ0n) is 11.6. The van der Waals surface area contributed by atoms with E-state index in [1.807, 2.05) is 0 Å². The zero-order chi connectivity index (χ0) is 15.1. The molecule has 20 heavy (non-hydrogen) atoms. The summed E-state index contributed by atoms with van der Waals surface area (Å²) in [4.78, 5) is 13.3. The zero-order valence-corrected chi connectivity index (χ0v) is 11.6. The Hall–Kier alpha value is -1.69. The summed E-state index contributed by atoms with van der Waals surface area (Å²) in [7, 11) is 1.60. The third-order valence-electron chi connectivity index (χ3n) is 3.07. The Kier molecular flexibility index (Phi) is 6.38. The van der Waals surface area contributed by atoms with Crippen molar-refractivity contribution in [2.24, 2.45) is 0 Å². The normalized spacial score (nSPS) is 12.4. The topological polar surface area (TPSA) is 49.8 Å². The number of amides is 1. The number of hydrogen-bond acceptors (Lipinski definition) is 3. The van der Waals surface area contributed by atoms with Crippen molar-refractivity contribution in [3.05, 3.63) is 29.8 Å². The van der Waals surface area contributed by atoms with Gasteiger partial charge in [0, 0.05) is 12.6 Å². The number of ether oxygens (including phenoxy) is 1. The van der Waals surface area contributed by atoms with Gasteiger partial charge in [-0.2, -0.15) is 0 Å². The van der Waals surface area contributed by atoms with Crippen molar-refractivity contribution < 1.29 is 23.4 Å². The van der Waals surface area contributed by atoms with Gasteiger partial charge in [0.1, 0.15) is 12.4 Å². The molecule has 1 amide bonds. The van der Waals surface area contributed by atoms with Crippen LogP contribution in [0.1, 0.15) is 24.9 Å². The molecule has 6 heteroatoms. The summed E-state index contributed by atoms with van der Waals surface area (Å²) in [6.45, 7) is 1.08. The van der Waals surface area contributed by atoms with Gasteiger partial charge in [-0.25, -0.2) is 8.78 Å². The lowest BCUT2D eigenvalue weighted by molar-refractivity contribution is -0.133. The van der Waals surface area contributed by atoms with Crippen LogP contribution in [0.25, 0.3) is 0 Å². The quantitative estimate of drug-likeness (QED) is 0.784. The van der Waals surface area contributed by atoms with E-state index in [0.717, 1.165) is 0 Å². The van der Waals surface area contributed by atoms with Gasteiger partial charge in [0.25, 0.3) is 6.43 Å². The van der Waals surface area contributed by atoms with Crippen LogP contribution in [0.2, 0.25) is 0 Å². The van der Waals surface area contributed by atoms with Crippen molar-refractivity contribution in [1.29, 1.82) is 0 Å². The fourth-order valence-corrected chi connectivity index (χ4v) is 1.77. The summed E-state index contributed by atoms with van der Waals surface area (Å²) in [6.07, 6.45) is -2.50. The van der Waals surface area contributed by atoms with Crippen molar-refractivity contribution >= 4 is 5.91 Å². The van der Waals surface area contributed by atoms with Gasteiger partial charge in [-0.05, 0) is 13.0 Å². The molecule has 1 aromatic carbocycles. The molecule has 0 heterocycles. The van der Waals surface area contributed by atoms with Gasteiger partial charge >= 0.3 is 0 Å². The number of hydrogen-bond donors (Lipinski definition) is 1. The first kappa shape index (κ1) is 16.4. The molecule has 0 fully saturated rings. The molecule has 0 saturated carbocycles. The van der Waals surface area contributed by atoms with E-state index in [4.69, 9.17) is 0 Å². The molecule has 0 saturated heterocycles. The molecule has 1 atom stereocenters. The minimum absolute atomic E-state index is 0.0289. The number of phenols is 1. The molecule has 0 aromatic heterocycles. The number of benzene rings is 1. The summed E-state index contributed by atoms with van der Waals surface area (Å²) < 4.78 is 28.4. The second-order valence-electron chi connectivity index (χ2n) is 4.46. The fraction of sp³-hybridized carbons (Fsp3) is 0.500. The molecule has 1 rings (SSSR count). The summed E-state index contributed by atoms with van der Waals surface area (Å²) in [5.41, 5.74) is 0.636. The molecule has 0 aliphatic carbocycles. The first-order chi connectivity index (χ1) is 9.43. The highest BCUT2D eigenvalue weighted by Crippen LogP contribution is 2.27. The molecule has 0 bridgehead atoms. The van der Waals surface area contributed by atoms with Gasteiger partial charge in [-0.1, -0.05) is 18.2 Å². The average molecular weight is 287 g/mol. The Balaban J connectivity index is 2.50. The van der Waals surface area contributed by atoms with Crippen LogP contribution in [-0.4, -0.2) is 42.6 Å². The molecule has 0 aliphatic rings. The Bertz CT molecular complexity index is 440. The lowest BCUT2D eigenvalue weighted by Gasteiger charge is -2.26. The van der Waals surface area contributed by atoms with Gasteiger partial charge in [0.2, 0.25) is 5.91 Å². The predicted octanol–water partition coefficient (Wildman–Crippen LogP) is 2.58. The smallest absolute Gasteiger partial charge is 0.261 e. The van der Waals surface area contributed by atoms with Gasteiger partial charge in [-0.15, -0.1) is 0 Å². The van der Waals surface area contributed by atoms with Crippen molar-refractivity contribution in [2.45, 2.75) is 25.8 Å². The number of para-hydroxylation sites is 1. The summed E-state index contributed by atoms with van der Waals surface area (Å²) in [5, 5.41) is 9.74. The van der Waals surface area contributed by atoms with Crippen molar-refractivity contribution in [1.82, 2.24) is 4.90 Å². The number of phenolic OH excluding ortho intramolecular Hbond substituents is 1. The van der Waals surface area contributed by atoms with Gasteiger partial charge < -0.3 is 14.7 Å². The van der Waals surface area contributed by atoms with Crippen LogP contribution in [0.5, 0.6) is 5.75 Å². The van der Waals surface area contributed by atoms with E-state index in [0.29, 0.717) is 5.56 Å². The lowest BCUT2D eigenvalue weighted by Crippen LogP contribution is -2.30. The first-order valence-electron chi connectivity index (χ1n) is 6.33. The third-order valence-corrected chi connectivity index (χ3v) is 3.07. The van der Waals surface area contributed by atoms with Crippen LogP contribution in [0.4, 0.5) is 8.78 Å². The molecule has 1 aromatic rings. The van der Waals surface area contributed by atoms with Crippen LogP contribution in [0, 0.1) is 0 Å². The van der Waals surface area contributed by atoms with Crippen LogP contribution < -0.4 is 0 Å². The number of rotatable bonds is 7. The number of carbonyl (C=O) groups excluding carboxylic acids is 1. The standard InChI is InChI=1S/C14H19F2NO3/c1-10(11-5-3-4-6-12(11)18)17(2)14(19)7-8-20-9-13(15)16/h3-6,10,13,18H,7-9H2,1-2H3. The Labute approximate surface area is 117 Å². The van der Waals surface area contributed by atoms with Gasteiger partial charge in [0.05, 0.1) is 19.1 Å². The van der Waals surface area contributed by atoms with Crippen LogP contribution in [0.15, 0.2) is 24.3 Å².